The molecule has 0 aliphatic carbocycles. The van der Waals surface area contributed by atoms with Crippen LogP contribution >= 0.6 is 0 Å². The van der Waals surface area contributed by atoms with E-state index >= 15 is 0 Å². The topological polar surface area (TPSA) is 167 Å². The Morgan fingerprint density at radius 3 is 0.700 bits per heavy atom. The Balaban J connectivity index is 0. The van der Waals surface area contributed by atoms with Gasteiger partial charge in [-0.3, -0.25) is 0 Å². The summed E-state index contributed by atoms with van der Waals surface area (Å²) >= 11 is 0. The summed E-state index contributed by atoms with van der Waals surface area (Å²) in [5.74, 6) is 0. The summed E-state index contributed by atoms with van der Waals surface area (Å²) in [4.78, 5) is 14.3. The third-order valence-electron chi connectivity index (χ3n) is 3.16. The Morgan fingerprint density at radius 2 is 0.667 bits per heavy atom. The zero-order valence-corrected chi connectivity index (χ0v) is 20.3. The summed E-state index contributed by atoms with van der Waals surface area (Å²) in [6.07, 6.45) is -0.417. The molecule has 4 aliphatic heterocycles. The Labute approximate surface area is 200 Å². The monoisotopic (exact) mass is 610 g/mol. The number of ether oxygens (including phenoxy) is 4. The van der Waals surface area contributed by atoms with Gasteiger partial charge in [-0.2, -0.15) is 0 Å². The van der Waals surface area contributed by atoms with Gasteiger partial charge in [-0.05, 0) is 27.7 Å². The van der Waals surface area contributed by atoms with E-state index < -0.39 is 0 Å². The molecule has 14 heteroatoms. The van der Waals surface area contributed by atoms with Crippen LogP contribution in [0.15, 0.2) is 20.0 Å². The van der Waals surface area contributed by atoms with E-state index in [1.54, 1.807) is 0 Å². The summed E-state index contributed by atoms with van der Waals surface area (Å²) in [5.41, 5.74) is 0. The Morgan fingerprint density at radius 1 is 0.500 bits per heavy atom. The van der Waals surface area contributed by atoms with Crippen molar-refractivity contribution in [1.29, 1.82) is 0 Å². The van der Waals surface area contributed by atoms with Gasteiger partial charge in [0.05, 0.1) is 26.2 Å². The fourth-order valence-electron chi connectivity index (χ4n) is 1.84. The van der Waals surface area contributed by atoms with Crippen molar-refractivity contribution in [2.24, 2.45) is 20.0 Å². The van der Waals surface area contributed by atoms with Gasteiger partial charge in [0.1, 0.15) is 24.4 Å². The molecule has 30 heavy (non-hydrogen) atoms. The minimum atomic E-state index is -0.174. The number of aliphatic hydroxyl groups is 4. The molecule has 0 bridgehead atoms. The van der Waals surface area contributed by atoms with Gasteiger partial charge in [0.25, 0.3) is 0 Å². The first kappa shape index (κ1) is 30.5. The van der Waals surface area contributed by atoms with Gasteiger partial charge in [-0.25, -0.2) is 20.0 Å². The predicted molar refractivity (Wildman–Crippen MR) is 102 cm³/mol. The summed E-state index contributed by atoms with van der Waals surface area (Å²) in [7, 11) is 0. The van der Waals surface area contributed by atoms with Gasteiger partial charge in [0.15, 0.2) is 0 Å². The first-order chi connectivity index (χ1) is 13.2. The number of hydrogen-bond donors (Lipinski definition) is 4. The van der Waals surface area contributed by atoms with E-state index in [2.05, 4.69) is 38.9 Å². The molecule has 4 heterocycles. The second kappa shape index (κ2) is 16.1. The summed E-state index contributed by atoms with van der Waals surface area (Å²) in [5, 5.41) is 33.7. The van der Waals surface area contributed by atoms with Gasteiger partial charge in [-0.1, -0.05) is 0 Å². The van der Waals surface area contributed by atoms with Crippen LogP contribution in [0.5, 0.6) is 0 Å². The fourth-order valence-corrected chi connectivity index (χ4v) is 1.84. The second-order valence-corrected chi connectivity index (χ2v) is 6.21. The average molecular weight is 610 g/mol. The minimum Gasteiger partial charge on any atom is -0.466 e. The first-order valence-corrected chi connectivity index (χ1v) is 8.76. The molecule has 0 aromatic carbocycles. The van der Waals surface area contributed by atoms with Gasteiger partial charge < -0.3 is 39.4 Å². The van der Waals surface area contributed by atoms with E-state index in [1.807, 2.05) is 27.7 Å². The molecule has 0 fully saturated rings. The van der Waals surface area contributed by atoms with E-state index in [0.29, 0.717) is 26.2 Å². The van der Waals surface area contributed by atoms with Crippen LogP contribution in [0.2, 0.25) is 0 Å². The summed E-state index contributed by atoms with van der Waals surface area (Å²) in [6, 6.07) is 0. The second-order valence-electron chi connectivity index (χ2n) is 6.21. The quantitative estimate of drug-likeness (QED) is 0.298. The van der Waals surface area contributed by atoms with Crippen LogP contribution in [0.25, 0.3) is 0 Å². The molecule has 4 N–H and O–H groups in total. The molecule has 2 radical (unpaired) electrons. The Hall–Kier alpha value is -1.67. The molecular weight excluding hydrogens is 582 g/mol. The van der Waals surface area contributed by atoms with Crippen LogP contribution in [0.3, 0.4) is 0 Å². The molecule has 4 rings (SSSR count). The maximum absolute atomic E-state index is 8.43. The van der Waals surface area contributed by atoms with E-state index in [-0.39, 0.29) is 87.7 Å². The molecule has 12 nitrogen and oxygen atoms in total. The fraction of sp³-hybridized carbons (Fsp3) is 0.750. The van der Waals surface area contributed by atoms with Gasteiger partial charge in [-0.15, -0.1) is 0 Å². The molecule has 0 saturated heterocycles. The average Bonchev–Trinajstić information content (AvgIpc) is 3.37. The normalized spacial score (nSPS) is 27.3. The van der Waals surface area contributed by atoms with Crippen LogP contribution in [-0.4, -0.2) is 95.4 Å². The largest absolute Gasteiger partial charge is 0.466 e. The van der Waals surface area contributed by atoms with Gasteiger partial charge in [0.2, 0.25) is 0 Å². The number of nitrogens with zero attached hydrogens (tertiary/aromatic N) is 4. The van der Waals surface area contributed by atoms with Crippen molar-refractivity contribution in [3.63, 3.8) is 0 Å². The van der Waals surface area contributed by atoms with Crippen molar-refractivity contribution in [3.05, 3.63) is 0 Å². The number of rotatable bonds is 0. The van der Waals surface area contributed by atoms with Crippen molar-refractivity contribution in [2.75, 3.05) is 26.2 Å². The minimum absolute atomic E-state index is 0. The number of aliphatic imine (C=N–C) groups is 4. The molecule has 0 aromatic heterocycles. The first-order valence-electron chi connectivity index (χ1n) is 8.76. The zero-order chi connectivity index (χ0) is 21.1. The third-order valence-corrected chi connectivity index (χ3v) is 3.16. The summed E-state index contributed by atoms with van der Waals surface area (Å²) in [6.45, 7) is 9.77. The zero-order valence-electron chi connectivity index (χ0n) is 17.0. The van der Waals surface area contributed by atoms with Crippen LogP contribution in [0.4, 0.5) is 0 Å². The number of hydrogen-bond acceptors (Lipinski definition) is 8. The van der Waals surface area contributed by atoms with E-state index in [1.165, 1.54) is 0 Å². The van der Waals surface area contributed by atoms with E-state index in [9.17, 15) is 0 Å². The van der Waals surface area contributed by atoms with Gasteiger partial charge in [0, 0.05) is 39.0 Å². The predicted octanol–water partition coefficient (Wildman–Crippen LogP) is 1.27. The van der Waals surface area contributed by atoms with Crippen molar-refractivity contribution < 1.29 is 78.3 Å². The summed E-state index contributed by atoms with van der Waals surface area (Å²) < 4.78 is 18.7. The van der Waals surface area contributed by atoms with Crippen molar-refractivity contribution in [3.8, 4) is 0 Å². The molecule has 0 saturated carbocycles. The molecular formula is C16H28N4O8Rh2. The molecule has 178 valence electrons. The molecule has 4 aliphatic rings. The van der Waals surface area contributed by atoms with E-state index in [0.717, 1.165) is 0 Å². The molecule has 0 aromatic rings. The van der Waals surface area contributed by atoms with E-state index in [4.69, 9.17) is 20.4 Å². The molecule has 0 unspecified atom stereocenters. The Kier molecular flexibility index (Phi) is 16.4. The van der Waals surface area contributed by atoms with Crippen molar-refractivity contribution in [1.82, 2.24) is 0 Å². The molecule has 0 amide bonds. The van der Waals surface area contributed by atoms with Crippen LogP contribution < -0.4 is 0 Å². The molecule has 0 spiro atoms. The SMILES string of the molecule is C[C@H]1CN=C(O)O1.C[C@H]1CN=C(O)O1.C[C@H]1CN=C(O)O1.C[C@H]1CN=C(O)O1.[Rh].[Rh]. The van der Waals surface area contributed by atoms with Crippen LogP contribution in [0, 0.1) is 0 Å². The maximum Gasteiger partial charge on any atom is 0.381 e. The molecule has 4 atom stereocenters. The smallest absolute Gasteiger partial charge is 0.381 e. The number of aliphatic hydroxyl groups excluding tert-OH is 4. The van der Waals surface area contributed by atoms with Gasteiger partial charge >= 0.3 is 24.3 Å². The van der Waals surface area contributed by atoms with Crippen molar-refractivity contribution >= 4 is 24.3 Å². The standard InChI is InChI=1S/4C4H7NO2.2Rh/c4*1-3-2-5-4(6)7-3;;/h4*3H,2H2,1H3,(H,5,6);;/t4*3-;;/m0000../s1. The van der Waals surface area contributed by atoms with Crippen molar-refractivity contribution in [2.45, 2.75) is 52.1 Å². The van der Waals surface area contributed by atoms with Crippen LogP contribution in [0.1, 0.15) is 27.7 Å². The Bertz CT molecular complexity index is 514. The maximum atomic E-state index is 8.43. The third kappa shape index (κ3) is 14.3. The van der Waals surface area contributed by atoms with Crippen LogP contribution in [-0.2, 0) is 57.9 Å².